The molecule has 0 aliphatic carbocycles. The van der Waals surface area contributed by atoms with Crippen LogP contribution in [0.4, 0.5) is 0 Å². The fourth-order valence-corrected chi connectivity index (χ4v) is 1.61. The molecule has 0 aliphatic rings. The second kappa shape index (κ2) is 5.76. The maximum absolute atomic E-state index is 8.59. The van der Waals surface area contributed by atoms with Gasteiger partial charge in [-0.05, 0) is 17.0 Å². The Labute approximate surface area is 108 Å². The Bertz CT molecular complexity index is 422. The lowest BCUT2D eigenvalue weighted by atomic mass is 9.86. The second-order valence-corrected chi connectivity index (χ2v) is 5.48. The van der Waals surface area contributed by atoms with Crippen LogP contribution in [-0.2, 0) is 5.41 Å². The number of hydrogen-bond acceptors (Lipinski definition) is 3. The van der Waals surface area contributed by atoms with Crippen LogP contribution in [0.1, 0.15) is 33.3 Å². The van der Waals surface area contributed by atoms with Crippen molar-refractivity contribution in [1.29, 1.82) is 0 Å². The number of oxime groups is 1. The third-order valence-electron chi connectivity index (χ3n) is 2.80. The monoisotopic (exact) mass is 250 g/mol. The minimum absolute atomic E-state index is 0.0242. The molecular formula is C14H22N2O2. The number of benzene rings is 1. The smallest absolute Gasteiger partial charge is 0.145 e. The molecule has 3 N–H and O–H groups in total. The van der Waals surface area contributed by atoms with Crippen LogP contribution >= 0.6 is 0 Å². The molecule has 0 bridgehead atoms. The van der Waals surface area contributed by atoms with Crippen molar-refractivity contribution in [1.82, 2.24) is 0 Å². The molecule has 1 aromatic rings. The summed E-state index contributed by atoms with van der Waals surface area (Å²) in [6, 6.07) is 7.95. The molecule has 1 rings (SSSR count). The summed E-state index contributed by atoms with van der Waals surface area (Å²) in [6.45, 7) is 8.67. The largest absolute Gasteiger partial charge is 0.493 e. The van der Waals surface area contributed by atoms with E-state index < -0.39 is 0 Å². The fourth-order valence-electron chi connectivity index (χ4n) is 1.61. The van der Waals surface area contributed by atoms with Gasteiger partial charge in [0.15, 0.2) is 0 Å². The van der Waals surface area contributed by atoms with Crippen LogP contribution in [0.5, 0.6) is 5.75 Å². The highest BCUT2D eigenvalue weighted by Gasteiger charge is 2.19. The lowest BCUT2D eigenvalue weighted by molar-refractivity contribution is 0.274. The first-order valence-corrected chi connectivity index (χ1v) is 6.06. The zero-order chi connectivity index (χ0) is 13.8. The van der Waals surface area contributed by atoms with Crippen LogP contribution in [-0.4, -0.2) is 17.6 Å². The van der Waals surface area contributed by atoms with Crippen LogP contribution in [0.25, 0.3) is 0 Å². The van der Waals surface area contributed by atoms with Crippen molar-refractivity contribution < 1.29 is 9.94 Å². The molecule has 1 aromatic carbocycles. The first-order chi connectivity index (χ1) is 8.36. The van der Waals surface area contributed by atoms with E-state index in [4.69, 9.17) is 15.7 Å². The first-order valence-electron chi connectivity index (χ1n) is 6.06. The molecule has 4 heteroatoms. The highest BCUT2D eigenvalue weighted by Crippen LogP contribution is 2.31. The second-order valence-electron chi connectivity index (χ2n) is 5.48. The number of rotatable bonds is 4. The van der Waals surface area contributed by atoms with Crippen molar-refractivity contribution in [3.63, 3.8) is 0 Å². The SMILES string of the molecule is CC(COc1ccccc1C(C)(C)C)/C(N)=N/O. The maximum atomic E-state index is 8.59. The van der Waals surface area contributed by atoms with Crippen LogP contribution in [0.3, 0.4) is 0 Å². The molecule has 0 radical (unpaired) electrons. The van der Waals surface area contributed by atoms with Crippen molar-refractivity contribution in [3.05, 3.63) is 29.8 Å². The molecule has 0 aliphatic heterocycles. The summed E-state index contributed by atoms with van der Waals surface area (Å²) in [5.74, 6) is 0.911. The Morgan fingerprint density at radius 2 is 2.00 bits per heavy atom. The minimum atomic E-state index is -0.122. The van der Waals surface area contributed by atoms with Crippen LogP contribution in [0, 0.1) is 5.92 Å². The van der Waals surface area contributed by atoms with Gasteiger partial charge in [-0.25, -0.2) is 0 Å². The number of ether oxygens (including phenoxy) is 1. The molecule has 100 valence electrons. The van der Waals surface area contributed by atoms with E-state index >= 15 is 0 Å². The van der Waals surface area contributed by atoms with Crippen LogP contribution in [0.15, 0.2) is 29.4 Å². The molecule has 0 amide bonds. The van der Waals surface area contributed by atoms with E-state index in [1.807, 2.05) is 25.1 Å². The van der Waals surface area contributed by atoms with Crippen molar-refractivity contribution in [2.24, 2.45) is 16.8 Å². The first kappa shape index (κ1) is 14.4. The summed E-state index contributed by atoms with van der Waals surface area (Å²) in [6.07, 6.45) is 0. The zero-order valence-electron chi connectivity index (χ0n) is 11.5. The minimum Gasteiger partial charge on any atom is -0.493 e. The Kier molecular flexibility index (Phi) is 4.59. The average molecular weight is 250 g/mol. The van der Waals surface area contributed by atoms with Gasteiger partial charge in [0.1, 0.15) is 11.6 Å². The van der Waals surface area contributed by atoms with Crippen molar-refractivity contribution in [2.45, 2.75) is 33.1 Å². The van der Waals surface area contributed by atoms with Gasteiger partial charge >= 0.3 is 0 Å². The quantitative estimate of drug-likeness (QED) is 0.373. The molecule has 4 nitrogen and oxygen atoms in total. The third-order valence-corrected chi connectivity index (χ3v) is 2.80. The normalized spacial score (nSPS) is 14.3. The summed E-state index contributed by atoms with van der Waals surface area (Å²) < 4.78 is 5.78. The lowest BCUT2D eigenvalue weighted by Crippen LogP contribution is -2.27. The van der Waals surface area contributed by atoms with Crippen molar-refractivity contribution >= 4 is 5.84 Å². The third kappa shape index (κ3) is 3.65. The summed E-state index contributed by atoms with van der Waals surface area (Å²) in [4.78, 5) is 0. The van der Waals surface area contributed by atoms with Gasteiger partial charge in [0, 0.05) is 0 Å². The van der Waals surface area contributed by atoms with E-state index in [9.17, 15) is 0 Å². The lowest BCUT2D eigenvalue weighted by Gasteiger charge is -2.23. The van der Waals surface area contributed by atoms with Gasteiger partial charge in [0.2, 0.25) is 0 Å². The summed E-state index contributed by atoms with van der Waals surface area (Å²) in [7, 11) is 0. The molecular weight excluding hydrogens is 228 g/mol. The Morgan fingerprint density at radius 1 is 1.39 bits per heavy atom. The van der Waals surface area contributed by atoms with Crippen molar-refractivity contribution in [3.8, 4) is 5.75 Å². The van der Waals surface area contributed by atoms with E-state index in [0.717, 1.165) is 11.3 Å². The molecule has 0 spiro atoms. The number of hydrogen-bond donors (Lipinski definition) is 2. The standard InChI is InChI=1S/C14H22N2O2/c1-10(13(15)16-17)9-18-12-8-6-5-7-11(12)14(2,3)4/h5-8,10,17H,9H2,1-4H3,(H2,15,16). The predicted octanol–water partition coefficient (Wildman–Crippen LogP) is 2.75. The highest BCUT2D eigenvalue weighted by atomic mass is 16.5. The molecule has 0 aromatic heterocycles. The van der Waals surface area contributed by atoms with Gasteiger partial charge < -0.3 is 15.7 Å². The van der Waals surface area contributed by atoms with Crippen LogP contribution < -0.4 is 10.5 Å². The van der Waals surface area contributed by atoms with Gasteiger partial charge in [0.05, 0.1) is 12.5 Å². The Balaban J connectivity index is 2.80. The Morgan fingerprint density at radius 3 is 2.56 bits per heavy atom. The maximum Gasteiger partial charge on any atom is 0.145 e. The Hall–Kier alpha value is -1.71. The predicted molar refractivity (Wildman–Crippen MR) is 73.2 cm³/mol. The number of amidine groups is 1. The molecule has 18 heavy (non-hydrogen) atoms. The number of nitrogens with zero attached hydrogens (tertiary/aromatic N) is 1. The molecule has 0 saturated carbocycles. The van der Waals surface area contributed by atoms with Gasteiger partial charge in [-0.1, -0.05) is 51.0 Å². The summed E-state index contributed by atoms with van der Waals surface area (Å²) >= 11 is 0. The van der Waals surface area contributed by atoms with E-state index in [2.05, 4.69) is 32.0 Å². The molecule has 1 unspecified atom stereocenters. The summed E-state index contributed by atoms with van der Waals surface area (Å²) in [5, 5.41) is 11.6. The van der Waals surface area contributed by atoms with Crippen molar-refractivity contribution in [2.75, 3.05) is 6.61 Å². The van der Waals surface area contributed by atoms with E-state index in [1.165, 1.54) is 0 Å². The van der Waals surface area contributed by atoms with Gasteiger partial charge in [-0.3, -0.25) is 0 Å². The van der Waals surface area contributed by atoms with Gasteiger partial charge in [0.25, 0.3) is 0 Å². The van der Waals surface area contributed by atoms with Gasteiger partial charge in [-0.15, -0.1) is 0 Å². The number of nitrogens with two attached hydrogens (primary N) is 1. The zero-order valence-corrected chi connectivity index (χ0v) is 11.5. The highest BCUT2D eigenvalue weighted by molar-refractivity contribution is 5.81. The average Bonchev–Trinajstić information content (AvgIpc) is 2.34. The topological polar surface area (TPSA) is 67.8 Å². The molecule has 0 saturated heterocycles. The number of para-hydroxylation sites is 1. The summed E-state index contributed by atoms with van der Waals surface area (Å²) in [5.41, 5.74) is 6.70. The fraction of sp³-hybridized carbons (Fsp3) is 0.500. The molecule has 0 heterocycles. The van der Waals surface area contributed by atoms with Crippen LogP contribution in [0.2, 0.25) is 0 Å². The molecule has 0 fully saturated rings. The van der Waals surface area contributed by atoms with E-state index in [-0.39, 0.29) is 17.2 Å². The van der Waals surface area contributed by atoms with E-state index in [0.29, 0.717) is 6.61 Å². The van der Waals surface area contributed by atoms with E-state index in [1.54, 1.807) is 0 Å². The molecule has 1 atom stereocenters. The van der Waals surface area contributed by atoms with Gasteiger partial charge in [-0.2, -0.15) is 0 Å².